The molecular formula is C15H22ClNO. The quantitative estimate of drug-likeness (QED) is 0.800. The van der Waals surface area contributed by atoms with Gasteiger partial charge in [0.2, 0.25) is 0 Å². The van der Waals surface area contributed by atoms with Crippen molar-refractivity contribution < 1.29 is 5.11 Å². The van der Waals surface area contributed by atoms with E-state index >= 15 is 0 Å². The third kappa shape index (κ3) is 3.89. The van der Waals surface area contributed by atoms with Crippen molar-refractivity contribution in [3.05, 3.63) is 29.8 Å². The molecular weight excluding hydrogens is 246 g/mol. The fourth-order valence-electron chi connectivity index (χ4n) is 2.77. The standard InChI is InChI=1S/C15H22ClNO/c16-9-13-3-1-2-4-14(13)11-17-10-12-5-7-15(18)8-6-12/h5-8,13-14,17-18H,1-4,9-11H2. The van der Waals surface area contributed by atoms with Gasteiger partial charge < -0.3 is 10.4 Å². The third-order valence-corrected chi connectivity index (χ3v) is 4.33. The number of phenolic OH excluding ortho intramolecular Hbond substituents is 1. The van der Waals surface area contributed by atoms with Crippen LogP contribution < -0.4 is 5.32 Å². The number of halogens is 1. The maximum absolute atomic E-state index is 9.22. The lowest BCUT2D eigenvalue weighted by Crippen LogP contribution is -2.31. The van der Waals surface area contributed by atoms with Crippen molar-refractivity contribution in [3.8, 4) is 5.75 Å². The van der Waals surface area contributed by atoms with Crippen LogP contribution >= 0.6 is 11.6 Å². The number of rotatable bonds is 5. The maximum atomic E-state index is 9.22. The minimum atomic E-state index is 0.327. The number of hydrogen-bond donors (Lipinski definition) is 2. The van der Waals surface area contributed by atoms with E-state index in [1.807, 2.05) is 12.1 Å². The number of benzene rings is 1. The SMILES string of the molecule is Oc1ccc(CNCC2CCCCC2CCl)cc1. The van der Waals surface area contributed by atoms with Crippen LogP contribution in [-0.2, 0) is 6.54 Å². The maximum Gasteiger partial charge on any atom is 0.115 e. The zero-order chi connectivity index (χ0) is 12.8. The van der Waals surface area contributed by atoms with Crippen molar-refractivity contribution in [1.29, 1.82) is 0 Å². The summed E-state index contributed by atoms with van der Waals surface area (Å²) in [5, 5.41) is 12.7. The molecule has 1 aromatic rings. The molecule has 1 aliphatic carbocycles. The normalized spacial score (nSPS) is 24.1. The first-order chi connectivity index (χ1) is 8.79. The highest BCUT2D eigenvalue weighted by molar-refractivity contribution is 6.18. The van der Waals surface area contributed by atoms with Gasteiger partial charge in [-0.2, -0.15) is 0 Å². The Labute approximate surface area is 114 Å². The molecule has 100 valence electrons. The van der Waals surface area contributed by atoms with Gasteiger partial charge in [-0.15, -0.1) is 11.6 Å². The van der Waals surface area contributed by atoms with Gasteiger partial charge in [0, 0.05) is 12.4 Å². The van der Waals surface area contributed by atoms with Crippen LogP contribution in [0.25, 0.3) is 0 Å². The predicted molar refractivity (Wildman–Crippen MR) is 76.0 cm³/mol. The van der Waals surface area contributed by atoms with Gasteiger partial charge in [0.25, 0.3) is 0 Å². The summed E-state index contributed by atoms with van der Waals surface area (Å²) in [6.07, 6.45) is 5.28. The van der Waals surface area contributed by atoms with Crippen LogP contribution in [0, 0.1) is 11.8 Å². The van der Waals surface area contributed by atoms with Gasteiger partial charge in [0.05, 0.1) is 0 Å². The summed E-state index contributed by atoms with van der Waals surface area (Å²) in [6.45, 7) is 1.92. The Morgan fingerprint density at radius 2 is 1.78 bits per heavy atom. The summed E-state index contributed by atoms with van der Waals surface area (Å²) in [5.74, 6) is 2.54. The Bertz CT molecular complexity index is 352. The summed E-state index contributed by atoms with van der Waals surface area (Å²) in [7, 11) is 0. The molecule has 0 saturated heterocycles. The minimum absolute atomic E-state index is 0.327. The van der Waals surface area contributed by atoms with Crippen LogP contribution in [0.4, 0.5) is 0 Å². The fraction of sp³-hybridized carbons (Fsp3) is 0.600. The molecule has 0 aliphatic heterocycles. The Kier molecular flexibility index (Phi) is 5.33. The van der Waals surface area contributed by atoms with Crippen molar-refractivity contribution in [1.82, 2.24) is 5.32 Å². The summed E-state index contributed by atoms with van der Waals surface area (Å²) in [4.78, 5) is 0. The number of nitrogens with one attached hydrogen (secondary N) is 1. The Hall–Kier alpha value is -0.730. The molecule has 0 radical (unpaired) electrons. The lowest BCUT2D eigenvalue weighted by molar-refractivity contribution is 0.250. The highest BCUT2D eigenvalue weighted by Crippen LogP contribution is 2.30. The zero-order valence-corrected chi connectivity index (χ0v) is 11.5. The summed E-state index contributed by atoms with van der Waals surface area (Å²) in [5.41, 5.74) is 1.21. The van der Waals surface area contributed by atoms with E-state index in [4.69, 9.17) is 11.6 Å². The van der Waals surface area contributed by atoms with Crippen LogP contribution in [0.3, 0.4) is 0 Å². The third-order valence-electron chi connectivity index (χ3n) is 3.94. The fourth-order valence-corrected chi connectivity index (χ4v) is 3.18. The van der Waals surface area contributed by atoms with Gasteiger partial charge in [-0.25, -0.2) is 0 Å². The van der Waals surface area contributed by atoms with Crippen LogP contribution in [0.1, 0.15) is 31.2 Å². The molecule has 1 saturated carbocycles. The first kappa shape index (κ1) is 13.7. The molecule has 0 spiro atoms. The molecule has 0 aromatic heterocycles. The van der Waals surface area contributed by atoms with Gasteiger partial charge in [-0.3, -0.25) is 0 Å². The Morgan fingerprint density at radius 3 is 2.44 bits per heavy atom. The van der Waals surface area contributed by atoms with Crippen LogP contribution in [0.15, 0.2) is 24.3 Å². The molecule has 1 aliphatic rings. The van der Waals surface area contributed by atoms with Crippen LogP contribution in [0.5, 0.6) is 5.75 Å². The van der Waals surface area contributed by atoms with Gasteiger partial charge in [-0.05, 0) is 48.9 Å². The molecule has 2 atom stereocenters. The van der Waals surface area contributed by atoms with Gasteiger partial charge in [0.15, 0.2) is 0 Å². The van der Waals surface area contributed by atoms with E-state index in [1.54, 1.807) is 12.1 Å². The first-order valence-corrected chi connectivity index (χ1v) is 7.37. The lowest BCUT2D eigenvalue weighted by Gasteiger charge is -2.30. The van der Waals surface area contributed by atoms with Crippen molar-refractivity contribution in [2.75, 3.05) is 12.4 Å². The highest BCUT2D eigenvalue weighted by Gasteiger charge is 2.23. The summed E-state index contributed by atoms with van der Waals surface area (Å²) < 4.78 is 0. The second kappa shape index (κ2) is 7.01. The van der Waals surface area contributed by atoms with Crippen LogP contribution in [-0.4, -0.2) is 17.5 Å². The lowest BCUT2D eigenvalue weighted by atomic mass is 9.80. The average Bonchev–Trinajstić information content (AvgIpc) is 2.41. The molecule has 2 unspecified atom stereocenters. The molecule has 18 heavy (non-hydrogen) atoms. The number of aromatic hydroxyl groups is 1. The Balaban J connectivity index is 1.75. The predicted octanol–water partition coefficient (Wildman–Crippen LogP) is 3.53. The second-order valence-corrected chi connectivity index (χ2v) is 5.56. The summed E-state index contributed by atoms with van der Waals surface area (Å²) in [6, 6.07) is 7.39. The molecule has 1 aromatic carbocycles. The van der Waals surface area contributed by atoms with Gasteiger partial charge in [-0.1, -0.05) is 25.0 Å². The first-order valence-electron chi connectivity index (χ1n) is 6.84. The highest BCUT2D eigenvalue weighted by atomic mass is 35.5. The number of phenols is 1. The monoisotopic (exact) mass is 267 g/mol. The van der Waals surface area contributed by atoms with Crippen molar-refractivity contribution in [2.24, 2.45) is 11.8 Å². The van der Waals surface area contributed by atoms with Crippen LogP contribution in [0.2, 0.25) is 0 Å². The molecule has 2 nitrogen and oxygen atoms in total. The molecule has 1 fully saturated rings. The average molecular weight is 268 g/mol. The van der Waals surface area contributed by atoms with Crippen molar-refractivity contribution in [3.63, 3.8) is 0 Å². The number of alkyl halides is 1. The summed E-state index contributed by atoms with van der Waals surface area (Å²) >= 11 is 6.03. The van der Waals surface area contributed by atoms with Gasteiger partial charge in [0.1, 0.15) is 5.75 Å². The molecule has 3 heteroatoms. The zero-order valence-electron chi connectivity index (χ0n) is 10.7. The van der Waals surface area contributed by atoms with E-state index in [1.165, 1.54) is 31.2 Å². The minimum Gasteiger partial charge on any atom is -0.508 e. The molecule has 0 bridgehead atoms. The van der Waals surface area contributed by atoms with E-state index in [0.29, 0.717) is 11.7 Å². The second-order valence-electron chi connectivity index (χ2n) is 5.26. The number of hydrogen-bond acceptors (Lipinski definition) is 2. The largest absolute Gasteiger partial charge is 0.508 e. The Morgan fingerprint density at radius 1 is 1.11 bits per heavy atom. The van der Waals surface area contributed by atoms with E-state index in [0.717, 1.165) is 24.9 Å². The van der Waals surface area contributed by atoms with E-state index in [-0.39, 0.29) is 0 Å². The smallest absolute Gasteiger partial charge is 0.115 e. The van der Waals surface area contributed by atoms with Crippen molar-refractivity contribution in [2.45, 2.75) is 32.2 Å². The molecule has 0 heterocycles. The van der Waals surface area contributed by atoms with E-state index < -0.39 is 0 Å². The topological polar surface area (TPSA) is 32.3 Å². The molecule has 0 amide bonds. The molecule has 2 rings (SSSR count). The van der Waals surface area contributed by atoms with E-state index in [9.17, 15) is 5.11 Å². The van der Waals surface area contributed by atoms with Crippen molar-refractivity contribution >= 4 is 11.6 Å². The molecule has 2 N–H and O–H groups in total. The van der Waals surface area contributed by atoms with Gasteiger partial charge >= 0.3 is 0 Å². The van der Waals surface area contributed by atoms with E-state index in [2.05, 4.69) is 5.32 Å².